The van der Waals surface area contributed by atoms with Gasteiger partial charge in [0.1, 0.15) is 0 Å². The van der Waals surface area contributed by atoms with Gasteiger partial charge >= 0.3 is 0 Å². The average Bonchev–Trinajstić information content (AvgIpc) is 2.09. The molecule has 0 aromatic carbocycles. The van der Waals surface area contributed by atoms with E-state index >= 15 is 0 Å². The minimum absolute atomic E-state index is 0.324. The number of nitrogens with zero attached hydrogens (tertiary/aromatic N) is 1. The Morgan fingerprint density at radius 3 is 2.50 bits per heavy atom. The van der Waals surface area contributed by atoms with Gasteiger partial charge in [-0.05, 0) is 27.7 Å². The van der Waals surface area contributed by atoms with Crippen LogP contribution in [0.2, 0.25) is 0 Å². The highest BCUT2D eigenvalue weighted by atomic mass is 16.5. The molecule has 1 aliphatic rings. The molecular weight excluding hydrogens is 182 g/mol. The lowest BCUT2D eigenvalue weighted by molar-refractivity contribution is -0.179. The standard InChI is InChI=1S/C10H19NO3/c1-8(13)10(4)6-14-9(2,3)5-11(10)7-12/h7-8,13H,5-6H2,1-4H3. The number of carbonyl (C=O) groups excluding carboxylic acids is 1. The van der Waals surface area contributed by atoms with Crippen molar-refractivity contribution < 1.29 is 14.6 Å². The van der Waals surface area contributed by atoms with E-state index in [2.05, 4.69) is 0 Å². The number of rotatable bonds is 2. The molecule has 4 nitrogen and oxygen atoms in total. The van der Waals surface area contributed by atoms with Gasteiger partial charge in [0, 0.05) is 6.54 Å². The van der Waals surface area contributed by atoms with Crippen LogP contribution < -0.4 is 0 Å². The van der Waals surface area contributed by atoms with Crippen LogP contribution in [0.4, 0.5) is 0 Å². The van der Waals surface area contributed by atoms with Crippen LogP contribution in [0.1, 0.15) is 27.7 Å². The van der Waals surface area contributed by atoms with Crippen molar-refractivity contribution in [1.82, 2.24) is 4.90 Å². The van der Waals surface area contributed by atoms with Gasteiger partial charge in [0.05, 0.1) is 23.9 Å². The third kappa shape index (κ3) is 1.91. The van der Waals surface area contributed by atoms with Crippen LogP contribution in [0.25, 0.3) is 0 Å². The second-order valence-corrected chi connectivity index (χ2v) is 4.81. The van der Waals surface area contributed by atoms with Gasteiger partial charge < -0.3 is 14.7 Å². The molecule has 1 fully saturated rings. The molecule has 14 heavy (non-hydrogen) atoms. The SMILES string of the molecule is CC(O)C1(C)COC(C)(C)CN1C=O. The summed E-state index contributed by atoms with van der Waals surface area (Å²) in [6, 6.07) is 0. The maximum Gasteiger partial charge on any atom is 0.210 e. The third-order valence-corrected chi connectivity index (χ3v) is 2.99. The van der Waals surface area contributed by atoms with Gasteiger partial charge in [0.15, 0.2) is 0 Å². The highest BCUT2D eigenvalue weighted by Gasteiger charge is 2.44. The molecule has 1 aliphatic heterocycles. The summed E-state index contributed by atoms with van der Waals surface area (Å²) in [4.78, 5) is 12.6. The second kappa shape index (κ2) is 3.51. The smallest absolute Gasteiger partial charge is 0.210 e. The molecule has 0 aromatic heterocycles. The molecule has 2 atom stereocenters. The molecule has 2 unspecified atom stereocenters. The van der Waals surface area contributed by atoms with Gasteiger partial charge in [0.25, 0.3) is 0 Å². The summed E-state index contributed by atoms with van der Waals surface area (Å²) in [6.45, 7) is 8.27. The lowest BCUT2D eigenvalue weighted by Crippen LogP contribution is -2.64. The minimum atomic E-state index is -0.600. The number of hydrogen-bond acceptors (Lipinski definition) is 3. The maximum atomic E-state index is 10.9. The van der Waals surface area contributed by atoms with E-state index in [0.717, 1.165) is 6.41 Å². The second-order valence-electron chi connectivity index (χ2n) is 4.81. The van der Waals surface area contributed by atoms with E-state index in [-0.39, 0.29) is 5.60 Å². The molecule has 0 spiro atoms. The van der Waals surface area contributed by atoms with Gasteiger partial charge in [-0.3, -0.25) is 4.79 Å². The topological polar surface area (TPSA) is 49.8 Å². The molecule has 1 heterocycles. The summed E-state index contributed by atoms with van der Waals surface area (Å²) >= 11 is 0. The predicted molar refractivity (Wildman–Crippen MR) is 52.9 cm³/mol. The number of carbonyl (C=O) groups is 1. The molecule has 1 rings (SSSR count). The van der Waals surface area contributed by atoms with Gasteiger partial charge in [0.2, 0.25) is 6.41 Å². The van der Waals surface area contributed by atoms with E-state index in [4.69, 9.17) is 4.74 Å². The van der Waals surface area contributed by atoms with Crippen LogP contribution in [-0.4, -0.2) is 46.8 Å². The number of amides is 1. The summed E-state index contributed by atoms with van der Waals surface area (Å²) in [5, 5.41) is 9.63. The molecular formula is C10H19NO3. The molecule has 0 aromatic rings. The molecule has 1 amide bonds. The van der Waals surface area contributed by atoms with Crippen molar-refractivity contribution in [3.05, 3.63) is 0 Å². The molecule has 0 saturated carbocycles. The average molecular weight is 201 g/mol. The Labute approximate surface area is 84.8 Å². The van der Waals surface area contributed by atoms with Crippen molar-refractivity contribution in [2.24, 2.45) is 0 Å². The van der Waals surface area contributed by atoms with Crippen LogP contribution in [0.3, 0.4) is 0 Å². The van der Waals surface area contributed by atoms with Crippen LogP contribution >= 0.6 is 0 Å². The Hall–Kier alpha value is -0.610. The van der Waals surface area contributed by atoms with Crippen molar-refractivity contribution in [1.29, 1.82) is 0 Å². The largest absolute Gasteiger partial charge is 0.391 e. The lowest BCUT2D eigenvalue weighted by atomic mass is 9.90. The van der Waals surface area contributed by atoms with E-state index in [1.165, 1.54) is 0 Å². The molecule has 1 saturated heterocycles. The maximum absolute atomic E-state index is 10.9. The number of ether oxygens (including phenoxy) is 1. The highest BCUT2D eigenvalue weighted by Crippen LogP contribution is 2.29. The molecule has 0 radical (unpaired) electrons. The highest BCUT2D eigenvalue weighted by molar-refractivity contribution is 5.50. The van der Waals surface area contributed by atoms with Gasteiger partial charge in [-0.1, -0.05) is 0 Å². The Kier molecular flexibility index (Phi) is 2.88. The zero-order valence-electron chi connectivity index (χ0n) is 9.28. The molecule has 0 aliphatic carbocycles. The Bertz CT molecular complexity index is 227. The molecule has 82 valence electrons. The molecule has 4 heteroatoms. The minimum Gasteiger partial charge on any atom is -0.391 e. The lowest BCUT2D eigenvalue weighted by Gasteiger charge is -2.50. The number of aliphatic hydroxyl groups is 1. The number of aliphatic hydroxyl groups excluding tert-OH is 1. The first kappa shape index (κ1) is 11.5. The zero-order chi connectivity index (χ0) is 11.0. The normalized spacial score (nSPS) is 33.9. The van der Waals surface area contributed by atoms with Crippen molar-refractivity contribution in [2.75, 3.05) is 13.2 Å². The summed E-state index contributed by atoms with van der Waals surface area (Å²) in [5.41, 5.74) is -0.924. The number of hydrogen-bond donors (Lipinski definition) is 1. The summed E-state index contributed by atoms with van der Waals surface area (Å²) in [6.07, 6.45) is 0.195. The van der Waals surface area contributed by atoms with Gasteiger partial charge in [-0.15, -0.1) is 0 Å². The monoisotopic (exact) mass is 201 g/mol. The van der Waals surface area contributed by atoms with Crippen LogP contribution in [0, 0.1) is 0 Å². The van der Waals surface area contributed by atoms with E-state index in [0.29, 0.717) is 13.2 Å². The van der Waals surface area contributed by atoms with Crippen LogP contribution in [0.5, 0.6) is 0 Å². The van der Waals surface area contributed by atoms with E-state index < -0.39 is 11.6 Å². The first-order valence-corrected chi connectivity index (χ1v) is 4.86. The summed E-state index contributed by atoms with van der Waals surface area (Å²) in [5.74, 6) is 0. The third-order valence-electron chi connectivity index (χ3n) is 2.99. The van der Waals surface area contributed by atoms with E-state index in [1.807, 2.05) is 20.8 Å². The Balaban J connectivity index is 2.86. The van der Waals surface area contributed by atoms with Gasteiger partial charge in [-0.2, -0.15) is 0 Å². The van der Waals surface area contributed by atoms with Crippen molar-refractivity contribution >= 4 is 6.41 Å². The van der Waals surface area contributed by atoms with Crippen LogP contribution in [-0.2, 0) is 9.53 Å². The van der Waals surface area contributed by atoms with E-state index in [9.17, 15) is 9.90 Å². The van der Waals surface area contributed by atoms with E-state index in [1.54, 1.807) is 11.8 Å². The van der Waals surface area contributed by atoms with Crippen molar-refractivity contribution in [3.8, 4) is 0 Å². The van der Waals surface area contributed by atoms with Gasteiger partial charge in [-0.25, -0.2) is 0 Å². The first-order valence-electron chi connectivity index (χ1n) is 4.86. The fourth-order valence-electron chi connectivity index (χ4n) is 1.58. The summed E-state index contributed by atoms with van der Waals surface area (Å²) in [7, 11) is 0. The fraction of sp³-hybridized carbons (Fsp3) is 0.900. The predicted octanol–water partition coefficient (Wildman–Crippen LogP) is 0.393. The molecule has 1 N–H and O–H groups in total. The quantitative estimate of drug-likeness (QED) is 0.658. The van der Waals surface area contributed by atoms with Crippen molar-refractivity contribution in [3.63, 3.8) is 0 Å². The first-order chi connectivity index (χ1) is 6.32. The molecule has 0 bridgehead atoms. The summed E-state index contributed by atoms with van der Waals surface area (Å²) < 4.78 is 5.61. The Morgan fingerprint density at radius 2 is 2.07 bits per heavy atom. The Morgan fingerprint density at radius 1 is 1.50 bits per heavy atom. The van der Waals surface area contributed by atoms with Crippen LogP contribution in [0.15, 0.2) is 0 Å². The fourth-order valence-corrected chi connectivity index (χ4v) is 1.58. The van der Waals surface area contributed by atoms with Crippen molar-refractivity contribution in [2.45, 2.75) is 44.9 Å². The number of morpholine rings is 1. The zero-order valence-corrected chi connectivity index (χ0v) is 9.28.